The fraction of sp³-hybridized carbons (Fsp3) is 0.190. The average Bonchev–Trinajstić information content (AvgIpc) is 3.41. The van der Waals surface area contributed by atoms with Crippen molar-refractivity contribution in [1.82, 2.24) is 19.4 Å². The molecule has 0 aliphatic carbocycles. The van der Waals surface area contributed by atoms with E-state index in [9.17, 15) is 14.9 Å². The largest absolute Gasteiger partial charge is 0.337 e. The number of nitro groups is 1. The van der Waals surface area contributed by atoms with Crippen LogP contribution < -0.4 is 0 Å². The summed E-state index contributed by atoms with van der Waals surface area (Å²) >= 11 is 1.47. The Bertz CT molecular complexity index is 1220. The van der Waals surface area contributed by atoms with Gasteiger partial charge in [0.05, 0.1) is 27.5 Å². The Balaban J connectivity index is 1.64. The summed E-state index contributed by atoms with van der Waals surface area (Å²) in [5.41, 5.74) is 4.81. The van der Waals surface area contributed by atoms with Crippen LogP contribution in [0.2, 0.25) is 0 Å². The van der Waals surface area contributed by atoms with Crippen LogP contribution >= 0.6 is 11.3 Å². The fourth-order valence-electron chi connectivity index (χ4n) is 3.34. The standard InChI is InChI=1S/C21H19N5O3S/c1-14(15-6-5-7-16(10-15)26(28)29)24(2)20(27)11-25-19-9-4-3-8-17(19)23-21(25)18-12-30-13-22-18/h3-10,12-14H,11H2,1-2H3/t14-/m0/s1. The molecule has 0 aliphatic heterocycles. The van der Waals surface area contributed by atoms with E-state index in [2.05, 4.69) is 9.97 Å². The topological polar surface area (TPSA) is 94.2 Å². The smallest absolute Gasteiger partial charge is 0.269 e. The minimum Gasteiger partial charge on any atom is -0.337 e. The molecule has 4 aromatic rings. The number of nitro benzene ring substituents is 1. The lowest BCUT2D eigenvalue weighted by Crippen LogP contribution is -2.32. The molecular formula is C21H19N5O3S. The lowest BCUT2D eigenvalue weighted by atomic mass is 10.1. The van der Waals surface area contributed by atoms with Gasteiger partial charge in [-0.25, -0.2) is 9.97 Å². The summed E-state index contributed by atoms with van der Waals surface area (Å²) in [6.07, 6.45) is 0. The van der Waals surface area contributed by atoms with E-state index in [1.807, 2.05) is 41.1 Å². The van der Waals surface area contributed by atoms with E-state index in [0.717, 1.165) is 16.7 Å². The monoisotopic (exact) mass is 421 g/mol. The third-order valence-corrected chi connectivity index (χ3v) is 5.73. The molecule has 0 N–H and O–H groups in total. The van der Waals surface area contributed by atoms with Gasteiger partial charge in [-0.1, -0.05) is 24.3 Å². The molecule has 1 atom stereocenters. The van der Waals surface area contributed by atoms with Crippen molar-refractivity contribution in [3.05, 3.63) is 75.1 Å². The van der Waals surface area contributed by atoms with E-state index < -0.39 is 4.92 Å². The number of non-ortho nitro benzene ring substituents is 1. The van der Waals surface area contributed by atoms with Crippen molar-refractivity contribution in [1.29, 1.82) is 0 Å². The van der Waals surface area contributed by atoms with Crippen molar-refractivity contribution in [2.45, 2.75) is 19.5 Å². The van der Waals surface area contributed by atoms with E-state index in [1.165, 1.54) is 23.5 Å². The number of thiazole rings is 1. The van der Waals surface area contributed by atoms with Crippen LogP contribution in [0.4, 0.5) is 5.69 Å². The summed E-state index contributed by atoms with van der Waals surface area (Å²) in [5, 5.41) is 13.0. The van der Waals surface area contributed by atoms with Gasteiger partial charge in [0.25, 0.3) is 5.69 Å². The van der Waals surface area contributed by atoms with Gasteiger partial charge in [-0.15, -0.1) is 11.3 Å². The Hall–Kier alpha value is -3.59. The number of fused-ring (bicyclic) bond motifs is 1. The van der Waals surface area contributed by atoms with Crippen LogP contribution in [0.5, 0.6) is 0 Å². The van der Waals surface area contributed by atoms with Crippen LogP contribution in [-0.4, -0.2) is 37.3 Å². The number of imidazole rings is 1. The Morgan fingerprint density at radius 2 is 2.07 bits per heavy atom. The SMILES string of the molecule is C[C@@H](c1cccc([N+](=O)[O-])c1)N(C)C(=O)Cn1c(-c2cscn2)nc2ccccc21. The molecule has 0 saturated heterocycles. The van der Waals surface area contributed by atoms with Crippen molar-refractivity contribution in [3.8, 4) is 11.5 Å². The first-order valence-corrected chi connectivity index (χ1v) is 10.2. The molecule has 2 heterocycles. The van der Waals surface area contributed by atoms with E-state index >= 15 is 0 Å². The number of hydrogen-bond donors (Lipinski definition) is 0. The first kappa shape index (κ1) is 19.7. The molecule has 0 bridgehead atoms. The lowest BCUT2D eigenvalue weighted by Gasteiger charge is -2.26. The summed E-state index contributed by atoms with van der Waals surface area (Å²) in [7, 11) is 1.70. The van der Waals surface area contributed by atoms with Crippen molar-refractivity contribution in [2.75, 3.05) is 7.05 Å². The Morgan fingerprint density at radius 3 is 2.80 bits per heavy atom. The molecule has 30 heavy (non-hydrogen) atoms. The number of likely N-dealkylation sites (N-methyl/N-ethyl adjacent to an activating group) is 1. The Kier molecular flexibility index (Phi) is 5.28. The molecule has 0 radical (unpaired) electrons. The van der Waals surface area contributed by atoms with E-state index in [0.29, 0.717) is 11.4 Å². The molecule has 0 spiro atoms. The zero-order valence-corrected chi connectivity index (χ0v) is 17.2. The van der Waals surface area contributed by atoms with Gasteiger partial charge < -0.3 is 9.47 Å². The van der Waals surface area contributed by atoms with Crippen molar-refractivity contribution in [2.24, 2.45) is 0 Å². The highest BCUT2D eigenvalue weighted by Gasteiger charge is 2.22. The number of amides is 1. The summed E-state index contributed by atoms with van der Waals surface area (Å²) in [6, 6.07) is 13.7. The zero-order valence-electron chi connectivity index (χ0n) is 16.4. The van der Waals surface area contributed by atoms with Crippen LogP contribution in [0.25, 0.3) is 22.6 Å². The number of para-hydroxylation sites is 2. The maximum Gasteiger partial charge on any atom is 0.269 e. The fourth-order valence-corrected chi connectivity index (χ4v) is 3.87. The Morgan fingerprint density at radius 1 is 1.27 bits per heavy atom. The van der Waals surface area contributed by atoms with Crippen molar-refractivity contribution >= 4 is 34.0 Å². The molecule has 0 unspecified atom stereocenters. The van der Waals surface area contributed by atoms with Gasteiger partial charge in [-0.2, -0.15) is 0 Å². The highest BCUT2D eigenvalue weighted by molar-refractivity contribution is 7.07. The second-order valence-electron chi connectivity index (χ2n) is 6.92. The molecule has 152 valence electrons. The molecule has 4 rings (SSSR count). The normalized spacial score (nSPS) is 12.1. The molecule has 0 saturated carbocycles. The molecule has 9 heteroatoms. The van der Waals surface area contributed by atoms with Gasteiger partial charge in [0.2, 0.25) is 5.91 Å². The van der Waals surface area contributed by atoms with Crippen LogP contribution in [0.15, 0.2) is 59.4 Å². The minimum atomic E-state index is -0.435. The maximum atomic E-state index is 13.1. The predicted octanol–water partition coefficient (Wildman–Crippen LogP) is 4.29. The number of aromatic nitrogens is 3. The van der Waals surface area contributed by atoms with Gasteiger partial charge >= 0.3 is 0 Å². The Labute approximate surface area is 176 Å². The number of benzene rings is 2. The third-order valence-electron chi connectivity index (χ3n) is 5.15. The second-order valence-corrected chi connectivity index (χ2v) is 7.64. The number of nitrogens with zero attached hydrogens (tertiary/aromatic N) is 5. The molecule has 0 fully saturated rings. The van der Waals surface area contributed by atoms with Crippen LogP contribution in [0, 0.1) is 10.1 Å². The van der Waals surface area contributed by atoms with Gasteiger partial charge in [-0.3, -0.25) is 14.9 Å². The first-order valence-electron chi connectivity index (χ1n) is 9.29. The van der Waals surface area contributed by atoms with Gasteiger partial charge in [0.1, 0.15) is 12.2 Å². The average molecular weight is 421 g/mol. The number of carbonyl (C=O) groups excluding carboxylic acids is 1. The highest BCUT2D eigenvalue weighted by atomic mass is 32.1. The number of hydrogen-bond acceptors (Lipinski definition) is 6. The molecule has 2 aromatic carbocycles. The molecular weight excluding hydrogens is 402 g/mol. The lowest BCUT2D eigenvalue weighted by molar-refractivity contribution is -0.384. The van der Waals surface area contributed by atoms with Gasteiger partial charge in [0.15, 0.2) is 5.82 Å². The van der Waals surface area contributed by atoms with Gasteiger partial charge in [-0.05, 0) is 24.6 Å². The third kappa shape index (κ3) is 3.67. The first-order chi connectivity index (χ1) is 14.5. The summed E-state index contributed by atoms with van der Waals surface area (Å²) < 4.78 is 1.86. The van der Waals surface area contributed by atoms with Crippen LogP contribution in [0.1, 0.15) is 18.5 Å². The summed E-state index contributed by atoms with van der Waals surface area (Å²) in [6.45, 7) is 1.94. The number of rotatable bonds is 6. The van der Waals surface area contributed by atoms with Crippen molar-refractivity contribution in [3.63, 3.8) is 0 Å². The molecule has 2 aromatic heterocycles. The summed E-state index contributed by atoms with van der Waals surface area (Å²) in [4.78, 5) is 34.4. The van der Waals surface area contributed by atoms with E-state index in [-0.39, 0.29) is 24.2 Å². The van der Waals surface area contributed by atoms with Crippen LogP contribution in [-0.2, 0) is 11.3 Å². The maximum absolute atomic E-state index is 13.1. The minimum absolute atomic E-state index is 0.00613. The highest BCUT2D eigenvalue weighted by Crippen LogP contribution is 2.27. The molecule has 0 aliphatic rings. The van der Waals surface area contributed by atoms with Crippen LogP contribution in [0.3, 0.4) is 0 Å². The van der Waals surface area contributed by atoms with E-state index in [4.69, 9.17) is 0 Å². The molecule has 8 nitrogen and oxygen atoms in total. The quantitative estimate of drug-likeness (QED) is 0.342. The van der Waals surface area contributed by atoms with Crippen molar-refractivity contribution < 1.29 is 9.72 Å². The molecule has 1 amide bonds. The van der Waals surface area contributed by atoms with E-state index in [1.54, 1.807) is 29.6 Å². The second kappa shape index (κ2) is 8.03. The summed E-state index contributed by atoms with van der Waals surface area (Å²) in [5.74, 6) is 0.510. The van der Waals surface area contributed by atoms with Gasteiger partial charge in [0, 0.05) is 24.6 Å². The number of carbonyl (C=O) groups is 1. The predicted molar refractivity (Wildman–Crippen MR) is 115 cm³/mol. The zero-order chi connectivity index (χ0) is 21.3.